The molecule has 3 rings (SSSR count). The van der Waals surface area contributed by atoms with Gasteiger partial charge in [0.05, 0.1) is 0 Å². The van der Waals surface area contributed by atoms with Crippen molar-refractivity contribution in [3.63, 3.8) is 0 Å². The Kier molecular flexibility index (Phi) is 6.50. The number of aromatic nitrogens is 2. The Morgan fingerprint density at radius 2 is 2.28 bits per heavy atom. The van der Waals surface area contributed by atoms with Crippen LogP contribution in [0.4, 0.5) is 4.39 Å². The fraction of sp³-hybridized carbons (Fsp3) is 0.471. The first-order chi connectivity index (χ1) is 11.5. The fourth-order valence-electron chi connectivity index (χ4n) is 2.83. The molecule has 25 heavy (non-hydrogen) atoms. The van der Waals surface area contributed by atoms with Gasteiger partial charge in [-0.1, -0.05) is 5.16 Å². The van der Waals surface area contributed by atoms with Crippen LogP contribution in [-0.4, -0.2) is 46.6 Å². The van der Waals surface area contributed by atoms with E-state index in [1.165, 1.54) is 6.07 Å². The standard InChI is InChI=1S/C17H21FN4O2.ClH/c1-11-9-13(3-4-14(11)18)17-20-15(24-21-17)5-6-16(23)22-8-7-19-10-12(22)2;/h3-4,9,12,19H,5-8,10H2,1-2H3;1H. The molecule has 0 saturated carbocycles. The maximum Gasteiger partial charge on any atom is 0.227 e. The summed E-state index contributed by atoms with van der Waals surface area (Å²) in [6.07, 6.45) is 0.747. The lowest BCUT2D eigenvalue weighted by Gasteiger charge is -2.34. The maximum absolute atomic E-state index is 13.3. The first kappa shape index (κ1) is 19.3. The highest BCUT2D eigenvalue weighted by Crippen LogP contribution is 2.19. The number of hydrogen-bond donors (Lipinski definition) is 1. The van der Waals surface area contributed by atoms with Crippen LogP contribution in [0.5, 0.6) is 0 Å². The number of piperazine rings is 1. The van der Waals surface area contributed by atoms with Gasteiger partial charge in [0.1, 0.15) is 5.82 Å². The number of aryl methyl sites for hydroxylation is 2. The van der Waals surface area contributed by atoms with Crippen molar-refractivity contribution in [1.29, 1.82) is 0 Å². The number of nitrogens with one attached hydrogen (secondary N) is 1. The molecule has 2 aromatic rings. The van der Waals surface area contributed by atoms with E-state index >= 15 is 0 Å². The minimum absolute atomic E-state index is 0. The molecule has 1 aromatic carbocycles. The first-order valence-electron chi connectivity index (χ1n) is 8.14. The van der Waals surface area contributed by atoms with E-state index in [2.05, 4.69) is 15.5 Å². The van der Waals surface area contributed by atoms with Crippen molar-refractivity contribution >= 4 is 18.3 Å². The highest BCUT2D eigenvalue weighted by atomic mass is 35.5. The number of nitrogens with zero attached hydrogens (tertiary/aromatic N) is 3. The van der Waals surface area contributed by atoms with Crippen LogP contribution in [0.3, 0.4) is 0 Å². The van der Waals surface area contributed by atoms with Gasteiger partial charge in [0, 0.05) is 44.1 Å². The average Bonchev–Trinajstić information content (AvgIpc) is 3.04. The van der Waals surface area contributed by atoms with Gasteiger partial charge in [-0.25, -0.2) is 4.39 Å². The van der Waals surface area contributed by atoms with E-state index in [4.69, 9.17) is 4.52 Å². The van der Waals surface area contributed by atoms with E-state index in [9.17, 15) is 9.18 Å². The van der Waals surface area contributed by atoms with Gasteiger partial charge in [0.25, 0.3) is 0 Å². The van der Waals surface area contributed by atoms with Gasteiger partial charge in [-0.15, -0.1) is 12.4 Å². The monoisotopic (exact) mass is 368 g/mol. The molecule has 1 unspecified atom stereocenters. The lowest BCUT2D eigenvalue weighted by Crippen LogP contribution is -2.52. The zero-order valence-electron chi connectivity index (χ0n) is 14.3. The molecule has 0 aliphatic carbocycles. The predicted octanol–water partition coefficient (Wildman–Crippen LogP) is 2.36. The van der Waals surface area contributed by atoms with Crippen LogP contribution in [0.1, 0.15) is 24.8 Å². The summed E-state index contributed by atoms with van der Waals surface area (Å²) in [5.41, 5.74) is 1.23. The summed E-state index contributed by atoms with van der Waals surface area (Å²) >= 11 is 0. The summed E-state index contributed by atoms with van der Waals surface area (Å²) in [5, 5.41) is 7.18. The number of carbonyl (C=O) groups is 1. The molecule has 1 N–H and O–H groups in total. The molecule has 1 aliphatic heterocycles. The minimum Gasteiger partial charge on any atom is -0.339 e. The third kappa shape index (κ3) is 4.55. The number of benzene rings is 1. The van der Waals surface area contributed by atoms with E-state index in [1.54, 1.807) is 19.1 Å². The normalized spacial score (nSPS) is 17.2. The number of amides is 1. The van der Waals surface area contributed by atoms with Gasteiger partial charge in [-0.2, -0.15) is 4.98 Å². The molecular weight excluding hydrogens is 347 g/mol. The first-order valence-corrected chi connectivity index (χ1v) is 8.14. The molecule has 0 radical (unpaired) electrons. The SMILES string of the molecule is Cc1cc(-c2noc(CCC(=O)N3CCNCC3C)n2)ccc1F.Cl. The molecule has 1 amide bonds. The Balaban J connectivity index is 0.00000225. The van der Waals surface area contributed by atoms with Crippen LogP contribution < -0.4 is 5.32 Å². The topological polar surface area (TPSA) is 71.3 Å². The summed E-state index contributed by atoms with van der Waals surface area (Å²) in [6, 6.07) is 4.88. The van der Waals surface area contributed by atoms with Gasteiger partial charge in [-0.05, 0) is 37.6 Å². The molecule has 1 fully saturated rings. The van der Waals surface area contributed by atoms with Crippen molar-refractivity contribution in [2.75, 3.05) is 19.6 Å². The molecule has 6 nitrogen and oxygen atoms in total. The van der Waals surface area contributed by atoms with E-state index < -0.39 is 0 Å². The molecular formula is C17H22ClFN4O2. The van der Waals surface area contributed by atoms with Gasteiger partial charge in [0.15, 0.2) is 0 Å². The van der Waals surface area contributed by atoms with Crippen molar-refractivity contribution in [2.24, 2.45) is 0 Å². The molecule has 0 bridgehead atoms. The Labute approximate surface area is 152 Å². The molecule has 0 spiro atoms. The summed E-state index contributed by atoms with van der Waals surface area (Å²) < 4.78 is 18.5. The maximum atomic E-state index is 13.3. The highest BCUT2D eigenvalue weighted by molar-refractivity contribution is 5.85. The van der Waals surface area contributed by atoms with E-state index in [0.717, 1.165) is 19.6 Å². The summed E-state index contributed by atoms with van der Waals surface area (Å²) in [4.78, 5) is 18.5. The zero-order chi connectivity index (χ0) is 17.1. The van der Waals surface area contributed by atoms with Crippen molar-refractivity contribution in [3.8, 4) is 11.4 Å². The number of hydrogen-bond acceptors (Lipinski definition) is 5. The number of halogens is 2. The minimum atomic E-state index is -0.266. The van der Waals surface area contributed by atoms with Crippen molar-refractivity contribution < 1.29 is 13.7 Å². The Morgan fingerprint density at radius 1 is 1.48 bits per heavy atom. The van der Waals surface area contributed by atoms with Crippen LogP contribution in [-0.2, 0) is 11.2 Å². The highest BCUT2D eigenvalue weighted by Gasteiger charge is 2.23. The van der Waals surface area contributed by atoms with Gasteiger partial charge in [0.2, 0.25) is 17.6 Å². The lowest BCUT2D eigenvalue weighted by atomic mass is 10.1. The molecule has 1 aliphatic rings. The third-order valence-corrected chi connectivity index (χ3v) is 4.26. The van der Waals surface area contributed by atoms with Crippen molar-refractivity contribution in [3.05, 3.63) is 35.5 Å². The Hall–Kier alpha value is -1.99. The van der Waals surface area contributed by atoms with Gasteiger partial charge in [-0.3, -0.25) is 4.79 Å². The van der Waals surface area contributed by atoms with E-state index in [1.807, 2.05) is 11.8 Å². The number of carbonyl (C=O) groups excluding carboxylic acids is 1. The average molecular weight is 369 g/mol. The molecule has 2 heterocycles. The second kappa shape index (κ2) is 8.40. The molecule has 136 valence electrons. The largest absolute Gasteiger partial charge is 0.339 e. The summed E-state index contributed by atoms with van der Waals surface area (Å²) in [5.74, 6) is 0.666. The third-order valence-electron chi connectivity index (χ3n) is 4.26. The van der Waals surface area contributed by atoms with E-state index in [0.29, 0.717) is 35.7 Å². The zero-order valence-corrected chi connectivity index (χ0v) is 15.1. The second-order valence-corrected chi connectivity index (χ2v) is 6.12. The quantitative estimate of drug-likeness (QED) is 0.897. The van der Waals surface area contributed by atoms with Crippen LogP contribution in [0.2, 0.25) is 0 Å². The summed E-state index contributed by atoms with van der Waals surface area (Å²) in [6.45, 7) is 6.09. The van der Waals surface area contributed by atoms with Crippen LogP contribution >= 0.6 is 12.4 Å². The Morgan fingerprint density at radius 3 is 3.00 bits per heavy atom. The van der Waals surface area contributed by atoms with Crippen molar-refractivity contribution in [1.82, 2.24) is 20.4 Å². The summed E-state index contributed by atoms with van der Waals surface area (Å²) in [7, 11) is 0. The van der Waals surface area contributed by atoms with E-state index in [-0.39, 0.29) is 30.2 Å². The Bertz CT molecular complexity index is 737. The van der Waals surface area contributed by atoms with Crippen LogP contribution in [0, 0.1) is 12.7 Å². The number of rotatable bonds is 4. The molecule has 1 saturated heterocycles. The second-order valence-electron chi connectivity index (χ2n) is 6.12. The van der Waals surface area contributed by atoms with Crippen LogP contribution in [0.25, 0.3) is 11.4 Å². The molecule has 1 atom stereocenters. The fourth-order valence-corrected chi connectivity index (χ4v) is 2.83. The van der Waals surface area contributed by atoms with Gasteiger partial charge >= 0.3 is 0 Å². The molecule has 8 heteroatoms. The van der Waals surface area contributed by atoms with Crippen molar-refractivity contribution in [2.45, 2.75) is 32.7 Å². The molecule has 1 aromatic heterocycles. The lowest BCUT2D eigenvalue weighted by molar-refractivity contribution is -0.134. The smallest absolute Gasteiger partial charge is 0.227 e. The van der Waals surface area contributed by atoms with Crippen LogP contribution in [0.15, 0.2) is 22.7 Å². The predicted molar refractivity (Wildman–Crippen MR) is 94.0 cm³/mol. The van der Waals surface area contributed by atoms with Gasteiger partial charge < -0.3 is 14.7 Å².